The number of halogens is 2. The molecule has 1 heterocycles. The van der Waals surface area contributed by atoms with Crippen molar-refractivity contribution >= 4 is 23.2 Å². The van der Waals surface area contributed by atoms with Gasteiger partial charge in [0, 0.05) is 17.5 Å². The van der Waals surface area contributed by atoms with Gasteiger partial charge >= 0.3 is 18.9 Å². The van der Waals surface area contributed by atoms with Crippen LogP contribution in [0.5, 0.6) is 0 Å². The Morgan fingerprint density at radius 2 is 2.07 bits per heavy atom. The number of hydrogen-bond donors (Lipinski definition) is 0. The summed E-state index contributed by atoms with van der Waals surface area (Å²) in [4.78, 5) is 3.93. The van der Waals surface area contributed by atoms with Gasteiger partial charge in [-0.25, -0.2) is 0 Å². The molecule has 0 radical (unpaired) electrons. The molecule has 0 bridgehead atoms. The summed E-state index contributed by atoms with van der Waals surface area (Å²) in [5.74, 6) is 0. The molecule has 0 saturated carbocycles. The van der Waals surface area contributed by atoms with Crippen molar-refractivity contribution in [3.05, 3.63) is 59.1 Å². The molecule has 0 aliphatic rings. The molecular weight excluding hydrogens is 226 g/mol. The van der Waals surface area contributed by atoms with E-state index < -0.39 is 0 Å². The molecule has 0 atom stereocenters. The molecule has 15 heavy (non-hydrogen) atoms. The molecule has 2 nitrogen and oxygen atoms in total. The molecule has 2 aromatic rings. The van der Waals surface area contributed by atoms with E-state index >= 15 is 0 Å². The predicted octanol–water partition coefficient (Wildman–Crippen LogP) is 0.252. The van der Waals surface area contributed by atoms with Gasteiger partial charge in [-0.05, 0) is 11.2 Å². The Hall–Kier alpha value is -0.523. The average Bonchev–Trinajstić information content (AvgIpc) is 2.62. The second-order valence-electron chi connectivity index (χ2n) is 2.80. The molecule has 0 spiro atoms. The quantitative estimate of drug-likeness (QED) is 0.537. The Bertz CT molecular complexity index is 429. The normalized spacial score (nSPS) is 9.47. The third kappa shape index (κ3) is 3.22. The van der Waals surface area contributed by atoms with E-state index in [4.69, 9.17) is 23.2 Å². The number of rotatable bonds is 2. The van der Waals surface area contributed by atoms with E-state index in [-0.39, 0.29) is 18.9 Å². The second kappa shape index (κ2) is 5.53. The van der Waals surface area contributed by atoms with Crippen LogP contribution in [0.4, 0.5) is 0 Å². The largest absolute Gasteiger partial charge is 1.00 e. The van der Waals surface area contributed by atoms with Crippen LogP contribution in [0.15, 0.2) is 36.9 Å². The molecule has 0 fully saturated rings. The van der Waals surface area contributed by atoms with Crippen LogP contribution < -0.4 is 18.9 Å². The summed E-state index contributed by atoms with van der Waals surface area (Å²) in [6.07, 6.45) is 5.25. The van der Waals surface area contributed by atoms with E-state index in [0.29, 0.717) is 10.0 Å². The maximum absolute atomic E-state index is 6.00. The third-order valence-corrected chi connectivity index (χ3v) is 2.34. The number of imidazole rings is 1. The monoisotopic (exact) mass is 232 g/mol. The summed E-state index contributed by atoms with van der Waals surface area (Å²) in [5, 5.41) is 1.27. The topological polar surface area (TPSA) is 17.8 Å². The molecule has 2 rings (SSSR count). The van der Waals surface area contributed by atoms with Crippen LogP contribution in [0.25, 0.3) is 0 Å². The van der Waals surface area contributed by atoms with Gasteiger partial charge in [-0.3, -0.25) is 4.98 Å². The molecule has 0 saturated heterocycles. The van der Waals surface area contributed by atoms with Crippen LogP contribution >= 0.6 is 23.2 Å². The molecule has 1 aromatic carbocycles. The van der Waals surface area contributed by atoms with Crippen molar-refractivity contribution in [1.82, 2.24) is 9.55 Å². The fourth-order valence-electron chi connectivity index (χ4n) is 1.11. The maximum atomic E-state index is 6.00. The van der Waals surface area contributed by atoms with Crippen LogP contribution in [0.2, 0.25) is 10.0 Å². The Labute approximate surface area is 110 Å². The molecule has 72 valence electrons. The summed E-state index contributed by atoms with van der Waals surface area (Å²) in [5.41, 5.74) is 0.911. The summed E-state index contributed by atoms with van der Waals surface area (Å²) in [6.45, 7) is 1.88. The zero-order valence-electron chi connectivity index (χ0n) is 8.19. The van der Waals surface area contributed by atoms with Crippen molar-refractivity contribution in [2.45, 2.75) is 0 Å². The first-order chi connectivity index (χ1) is 6.75. The minimum Gasteiger partial charge on any atom is -0.408 e. The predicted molar refractivity (Wildman–Crippen MR) is 57.5 cm³/mol. The van der Waals surface area contributed by atoms with E-state index in [9.17, 15) is 0 Å². The average molecular weight is 233 g/mol. The van der Waals surface area contributed by atoms with Crippen LogP contribution in [0.3, 0.4) is 0 Å². The molecule has 0 N–H and O–H groups in total. The first-order valence-electron chi connectivity index (χ1n) is 4.03. The van der Waals surface area contributed by atoms with Gasteiger partial charge in [0.1, 0.15) is 0 Å². The van der Waals surface area contributed by atoms with Gasteiger partial charge in [0.2, 0.25) is 0 Å². The standard InChI is InChI=1S/C10H7Cl2N2.Li/c11-9-2-1-8(10(12)5-9)6-14-4-3-13-7-14;/h1-7H;/q-1;+1. The molecular formula is C10H7Cl2LiN2. The Kier molecular flexibility index (Phi) is 4.63. The molecule has 0 unspecified atom stereocenters. The SMILES string of the molecule is Clc1ccc([CH-]n2ccnc2)c(Cl)c1.[Li+]. The molecule has 0 aliphatic heterocycles. The van der Waals surface area contributed by atoms with Gasteiger partial charge < -0.3 is 4.57 Å². The number of nitrogens with zero attached hydrogens (tertiary/aromatic N) is 2. The summed E-state index contributed by atoms with van der Waals surface area (Å²) >= 11 is 11.8. The van der Waals surface area contributed by atoms with Crippen molar-refractivity contribution in [3.63, 3.8) is 0 Å². The van der Waals surface area contributed by atoms with E-state index in [1.54, 1.807) is 24.7 Å². The van der Waals surface area contributed by atoms with Gasteiger partial charge in [0.25, 0.3) is 0 Å². The van der Waals surface area contributed by atoms with Gasteiger partial charge in [-0.15, -0.1) is 17.7 Å². The van der Waals surface area contributed by atoms with Gasteiger partial charge in [-0.2, -0.15) is 0 Å². The van der Waals surface area contributed by atoms with Crippen molar-refractivity contribution in [2.75, 3.05) is 0 Å². The van der Waals surface area contributed by atoms with Crippen LogP contribution in [-0.4, -0.2) is 9.55 Å². The number of benzene rings is 1. The Balaban J connectivity index is 0.00000112. The zero-order chi connectivity index (χ0) is 9.97. The van der Waals surface area contributed by atoms with Crippen molar-refractivity contribution < 1.29 is 18.9 Å². The number of aromatic nitrogens is 2. The summed E-state index contributed by atoms with van der Waals surface area (Å²) in [6, 6.07) is 5.38. The van der Waals surface area contributed by atoms with Gasteiger partial charge in [0.15, 0.2) is 0 Å². The van der Waals surface area contributed by atoms with Crippen LogP contribution in [-0.2, 0) is 0 Å². The zero-order valence-corrected chi connectivity index (χ0v) is 9.70. The first kappa shape index (κ1) is 12.5. The Morgan fingerprint density at radius 3 is 2.67 bits per heavy atom. The number of hydrogen-bond acceptors (Lipinski definition) is 1. The summed E-state index contributed by atoms with van der Waals surface area (Å²) in [7, 11) is 0. The van der Waals surface area contributed by atoms with E-state index in [1.807, 2.05) is 23.4 Å². The van der Waals surface area contributed by atoms with Gasteiger partial charge in [-0.1, -0.05) is 35.8 Å². The van der Waals surface area contributed by atoms with Crippen LogP contribution in [0, 0.1) is 6.54 Å². The van der Waals surface area contributed by atoms with E-state index in [1.165, 1.54) is 0 Å². The Morgan fingerprint density at radius 1 is 1.27 bits per heavy atom. The summed E-state index contributed by atoms with van der Waals surface area (Å²) < 4.78 is 1.83. The minimum atomic E-state index is 0. The van der Waals surface area contributed by atoms with E-state index in [0.717, 1.165) is 5.56 Å². The van der Waals surface area contributed by atoms with Crippen molar-refractivity contribution in [2.24, 2.45) is 0 Å². The fourth-order valence-corrected chi connectivity index (χ4v) is 1.57. The van der Waals surface area contributed by atoms with Crippen molar-refractivity contribution in [3.8, 4) is 0 Å². The first-order valence-corrected chi connectivity index (χ1v) is 4.78. The molecule has 1 aromatic heterocycles. The third-order valence-electron chi connectivity index (χ3n) is 1.78. The molecule has 5 heteroatoms. The van der Waals surface area contributed by atoms with E-state index in [2.05, 4.69) is 4.98 Å². The fraction of sp³-hybridized carbons (Fsp3) is 0. The van der Waals surface area contributed by atoms with Crippen molar-refractivity contribution in [1.29, 1.82) is 0 Å². The molecule has 0 amide bonds. The molecule has 0 aliphatic carbocycles. The maximum Gasteiger partial charge on any atom is 1.00 e. The van der Waals surface area contributed by atoms with Crippen LogP contribution in [0.1, 0.15) is 5.56 Å². The smallest absolute Gasteiger partial charge is 0.408 e. The second-order valence-corrected chi connectivity index (χ2v) is 3.65. The minimum absolute atomic E-state index is 0. The van der Waals surface area contributed by atoms with Gasteiger partial charge in [0.05, 0.1) is 0 Å².